The van der Waals surface area contributed by atoms with E-state index in [1.165, 1.54) is 0 Å². The zero-order valence-corrected chi connectivity index (χ0v) is 12.2. The van der Waals surface area contributed by atoms with Crippen LogP contribution in [0.25, 0.3) is 0 Å². The molecule has 0 unspecified atom stereocenters. The third-order valence-electron chi connectivity index (χ3n) is 1.72. The van der Waals surface area contributed by atoms with E-state index in [9.17, 15) is 18.4 Å². The maximum Gasteiger partial charge on any atom is 0.408 e. The highest BCUT2D eigenvalue weighted by Crippen LogP contribution is 2.08. The lowest BCUT2D eigenvalue weighted by Crippen LogP contribution is -2.47. The Morgan fingerprint density at radius 3 is 2.15 bits per heavy atom. The lowest BCUT2D eigenvalue weighted by Gasteiger charge is -2.23. The Kier molecular flexibility index (Phi) is 7.41. The number of alkyl halides is 2. The first-order valence-corrected chi connectivity index (χ1v) is 6.11. The second-order valence-corrected chi connectivity index (χ2v) is 5.28. The summed E-state index contributed by atoms with van der Waals surface area (Å²) in [7, 11) is 0. The number of ether oxygens (including phenoxy) is 3. The van der Waals surface area contributed by atoms with Crippen LogP contribution in [0.4, 0.5) is 13.6 Å². The van der Waals surface area contributed by atoms with Gasteiger partial charge in [0.05, 0.1) is 12.7 Å². The number of carbonyl (C=O) groups is 2. The monoisotopic (exact) mass is 297 g/mol. The molecule has 8 heteroatoms. The molecule has 0 spiro atoms. The summed E-state index contributed by atoms with van der Waals surface area (Å²) in [5.41, 5.74) is -0.778. The van der Waals surface area contributed by atoms with E-state index in [1.807, 2.05) is 0 Å². The molecule has 20 heavy (non-hydrogen) atoms. The number of hydrogen-bond acceptors (Lipinski definition) is 5. The highest BCUT2D eigenvalue weighted by molar-refractivity contribution is 5.81. The van der Waals surface area contributed by atoms with Crippen molar-refractivity contribution in [2.45, 2.75) is 59.0 Å². The van der Waals surface area contributed by atoms with E-state index < -0.39 is 43.0 Å². The fraction of sp³-hybridized carbons (Fsp3) is 0.833. The molecule has 0 aliphatic heterocycles. The minimum atomic E-state index is -3.05. The molecule has 0 saturated heterocycles. The van der Waals surface area contributed by atoms with Crippen molar-refractivity contribution in [1.82, 2.24) is 5.32 Å². The van der Waals surface area contributed by atoms with Crippen molar-refractivity contribution in [3.63, 3.8) is 0 Å². The van der Waals surface area contributed by atoms with E-state index in [1.54, 1.807) is 34.6 Å². The maximum atomic E-state index is 12.0. The Bertz CT molecular complexity index is 328. The van der Waals surface area contributed by atoms with Crippen molar-refractivity contribution < 1.29 is 32.6 Å². The normalized spacial score (nSPS) is 13.2. The summed E-state index contributed by atoms with van der Waals surface area (Å²) in [6.45, 7) is 4.32. The Balaban J connectivity index is 4.59. The van der Waals surface area contributed by atoms with Crippen LogP contribution in [-0.4, -0.2) is 43.0 Å². The van der Waals surface area contributed by atoms with Crippen molar-refractivity contribution >= 4 is 12.1 Å². The van der Waals surface area contributed by atoms with E-state index >= 15 is 0 Å². The summed E-state index contributed by atoms with van der Waals surface area (Å²) < 4.78 is 37.8. The zero-order valence-electron chi connectivity index (χ0n) is 12.2. The van der Waals surface area contributed by atoms with Crippen LogP contribution >= 0.6 is 0 Å². The number of amides is 1. The molecule has 1 N–H and O–H groups in total. The van der Waals surface area contributed by atoms with E-state index in [2.05, 4.69) is 10.1 Å². The van der Waals surface area contributed by atoms with Gasteiger partial charge in [-0.1, -0.05) is 0 Å². The zero-order chi connectivity index (χ0) is 15.9. The maximum absolute atomic E-state index is 12.0. The first kappa shape index (κ1) is 18.6. The van der Waals surface area contributed by atoms with Crippen LogP contribution < -0.4 is 5.32 Å². The first-order valence-electron chi connectivity index (χ1n) is 6.11. The molecule has 0 heterocycles. The summed E-state index contributed by atoms with van der Waals surface area (Å²) in [4.78, 5) is 23.2. The minimum absolute atomic E-state index is 0.447. The predicted octanol–water partition coefficient (Wildman–Crippen LogP) is 2.07. The minimum Gasteiger partial charge on any atom is -0.461 e. The number of rotatable bonds is 6. The van der Waals surface area contributed by atoms with Crippen molar-refractivity contribution in [3.8, 4) is 0 Å². The van der Waals surface area contributed by atoms with Gasteiger partial charge in [0.15, 0.2) is 6.04 Å². The number of carbonyl (C=O) groups excluding carboxylic acids is 2. The van der Waals surface area contributed by atoms with E-state index in [-0.39, 0.29) is 0 Å². The van der Waals surface area contributed by atoms with Crippen molar-refractivity contribution in [3.05, 3.63) is 0 Å². The molecule has 1 atom stereocenters. The molecule has 0 fully saturated rings. The van der Waals surface area contributed by atoms with E-state index in [0.29, 0.717) is 0 Å². The second-order valence-electron chi connectivity index (χ2n) is 5.28. The number of nitrogens with one attached hydrogen (secondary N) is 1. The molecular formula is C12H21F2NO5. The lowest BCUT2D eigenvalue weighted by atomic mass is 10.2. The van der Waals surface area contributed by atoms with Crippen molar-refractivity contribution in [2.75, 3.05) is 6.61 Å². The summed E-state index contributed by atoms with van der Waals surface area (Å²) in [5.74, 6) is -0.869. The van der Waals surface area contributed by atoms with Crippen LogP contribution in [0.1, 0.15) is 34.6 Å². The van der Waals surface area contributed by atoms with Gasteiger partial charge in [-0.25, -0.2) is 9.59 Å². The third kappa shape index (κ3) is 9.48. The molecular weight excluding hydrogens is 276 g/mol. The number of alkyl carbamates (subject to hydrolysis) is 1. The standard InChI is InChI=1S/C12H21F2NO5/c1-7(2)19-9(16)8(6-18-10(13)14)15-11(17)20-12(3,4)5/h7-8,10H,6H2,1-5H3,(H,15,17)/t8-/m0/s1. The third-order valence-corrected chi connectivity index (χ3v) is 1.72. The topological polar surface area (TPSA) is 73.9 Å². The Morgan fingerprint density at radius 1 is 1.20 bits per heavy atom. The van der Waals surface area contributed by atoms with Gasteiger partial charge in [0.1, 0.15) is 5.60 Å². The predicted molar refractivity (Wildman–Crippen MR) is 66.3 cm³/mol. The van der Waals surface area contributed by atoms with Gasteiger partial charge in [-0.2, -0.15) is 8.78 Å². The van der Waals surface area contributed by atoms with Gasteiger partial charge >= 0.3 is 18.7 Å². The van der Waals surface area contributed by atoms with Crippen LogP contribution in [0.2, 0.25) is 0 Å². The van der Waals surface area contributed by atoms with Gasteiger partial charge in [0.25, 0.3) is 0 Å². The smallest absolute Gasteiger partial charge is 0.408 e. The second kappa shape index (κ2) is 7.98. The van der Waals surface area contributed by atoms with Gasteiger partial charge in [-0.15, -0.1) is 0 Å². The largest absolute Gasteiger partial charge is 0.461 e. The average Bonchev–Trinajstić information content (AvgIpc) is 2.19. The van der Waals surface area contributed by atoms with Crippen LogP contribution in [0.15, 0.2) is 0 Å². The Labute approximate surface area is 116 Å². The van der Waals surface area contributed by atoms with E-state index in [4.69, 9.17) is 9.47 Å². The summed E-state index contributed by atoms with van der Waals surface area (Å²) in [6, 6.07) is -1.36. The molecule has 0 bridgehead atoms. The fourth-order valence-corrected chi connectivity index (χ4v) is 1.10. The molecule has 0 radical (unpaired) electrons. The molecule has 0 aromatic heterocycles. The highest BCUT2D eigenvalue weighted by atomic mass is 19.3. The van der Waals surface area contributed by atoms with Crippen LogP contribution in [0.5, 0.6) is 0 Å². The summed E-state index contributed by atoms with van der Waals surface area (Å²) in [6.07, 6.45) is -1.36. The molecule has 6 nitrogen and oxygen atoms in total. The fourth-order valence-electron chi connectivity index (χ4n) is 1.10. The molecule has 1 amide bonds. The molecule has 0 aromatic rings. The highest BCUT2D eigenvalue weighted by Gasteiger charge is 2.27. The van der Waals surface area contributed by atoms with Crippen LogP contribution in [0, 0.1) is 0 Å². The molecule has 0 aliphatic carbocycles. The number of hydrogen-bond donors (Lipinski definition) is 1. The SMILES string of the molecule is CC(C)OC(=O)[C@H](COC(F)F)NC(=O)OC(C)(C)C. The first-order chi connectivity index (χ1) is 9.01. The van der Waals surface area contributed by atoms with Crippen LogP contribution in [-0.2, 0) is 19.0 Å². The van der Waals surface area contributed by atoms with Gasteiger partial charge in [-0.05, 0) is 34.6 Å². The average molecular weight is 297 g/mol. The molecule has 118 valence electrons. The lowest BCUT2D eigenvalue weighted by molar-refractivity contribution is -0.161. The molecule has 0 aromatic carbocycles. The van der Waals surface area contributed by atoms with Crippen molar-refractivity contribution in [1.29, 1.82) is 0 Å². The number of halogens is 2. The Hall–Kier alpha value is -1.44. The summed E-state index contributed by atoms with van der Waals surface area (Å²) in [5, 5.41) is 2.14. The van der Waals surface area contributed by atoms with E-state index in [0.717, 1.165) is 0 Å². The van der Waals surface area contributed by atoms with Gasteiger partial charge in [0.2, 0.25) is 0 Å². The Morgan fingerprint density at radius 2 is 1.75 bits per heavy atom. The molecule has 0 saturated carbocycles. The van der Waals surface area contributed by atoms with Crippen molar-refractivity contribution in [2.24, 2.45) is 0 Å². The quantitative estimate of drug-likeness (QED) is 0.760. The molecule has 0 aliphatic rings. The van der Waals surface area contributed by atoms with Gasteiger partial charge in [0, 0.05) is 0 Å². The summed E-state index contributed by atoms with van der Waals surface area (Å²) >= 11 is 0. The van der Waals surface area contributed by atoms with Gasteiger partial charge in [-0.3, -0.25) is 0 Å². The van der Waals surface area contributed by atoms with Gasteiger partial charge < -0.3 is 19.5 Å². The number of esters is 1. The molecule has 0 rings (SSSR count). The van der Waals surface area contributed by atoms with Crippen LogP contribution in [0.3, 0.4) is 0 Å².